The van der Waals surface area contributed by atoms with Gasteiger partial charge in [-0.2, -0.15) is 5.10 Å². The molecular formula is C17H20Cl2N4O2. The van der Waals surface area contributed by atoms with Crippen LogP contribution in [0.2, 0.25) is 5.15 Å². The standard InChI is InChI=1S/C17H19ClN4O2.ClH/c1-2-24-17(23)15-11-6-5-10-8-20-13(18)7-12(10)14(11)21-22(15)16(19)9-3-4-9;/h7-9,16H,2-6,19H2,1H3;1H. The molecule has 0 aliphatic heterocycles. The molecule has 0 saturated heterocycles. The van der Waals surface area contributed by atoms with Crippen molar-refractivity contribution in [3.8, 4) is 11.3 Å². The van der Waals surface area contributed by atoms with Crippen LogP contribution in [-0.2, 0) is 17.6 Å². The quantitative estimate of drug-likeness (QED) is 0.648. The summed E-state index contributed by atoms with van der Waals surface area (Å²) in [6.45, 7) is 2.12. The van der Waals surface area contributed by atoms with Gasteiger partial charge in [-0.1, -0.05) is 11.6 Å². The van der Waals surface area contributed by atoms with E-state index in [0.29, 0.717) is 23.4 Å². The Morgan fingerprint density at radius 1 is 1.48 bits per heavy atom. The number of rotatable bonds is 4. The number of nitrogens with zero attached hydrogens (tertiary/aromatic N) is 3. The second-order valence-corrected chi connectivity index (χ2v) is 6.72. The third-order valence-corrected chi connectivity index (χ3v) is 4.92. The molecule has 2 aliphatic carbocycles. The molecule has 0 spiro atoms. The Hall–Kier alpha value is -1.63. The van der Waals surface area contributed by atoms with Gasteiger partial charge in [0, 0.05) is 17.3 Å². The summed E-state index contributed by atoms with van der Waals surface area (Å²) in [6.07, 6.45) is 5.14. The number of ether oxygens (including phenoxy) is 1. The molecule has 6 nitrogen and oxygen atoms in total. The Bertz CT molecular complexity index is 817. The van der Waals surface area contributed by atoms with Gasteiger partial charge in [0.25, 0.3) is 0 Å². The van der Waals surface area contributed by atoms with E-state index in [2.05, 4.69) is 4.98 Å². The van der Waals surface area contributed by atoms with E-state index in [1.54, 1.807) is 17.8 Å². The van der Waals surface area contributed by atoms with E-state index >= 15 is 0 Å². The predicted molar refractivity (Wildman–Crippen MR) is 97.0 cm³/mol. The molecule has 0 aromatic carbocycles. The van der Waals surface area contributed by atoms with Crippen LogP contribution in [0.5, 0.6) is 0 Å². The molecule has 2 aromatic heterocycles. The van der Waals surface area contributed by atoms with Crippen LogP contribution in [0.15, 0.2) is 12.3 Å². The molecule has 0 radical (unpaired) electrons. The van der Waals surface area contributed by atoms with Gasteiger partial charge in [0.05, 0.1) is 12.3 Å². The van der Waals surface area contributed by atoms with Crippen LogP contribution in [0.4, 0.5) is 0 Å². The number of carbonyl (C=O) groups is 1. The molecule has 1 saturated carbocycles. The molecule has 2 heterocycles. The maximum absolute atomic E-state index is 12.5. The lowest BCUT2D eigenvalue weighted by Gasteiger charge is -2.16. The fraction of sp³-hybridized carbons (Fsp3) is 0.471. The van der Waals surface area contributed by atoms with Crippen molar-refractivity contribution in [1.29, 1.82) is 0 Å². The van der Waals surface area contributed by atoms with Gasteiger partial charge < -0.3 is 10.5 Å². The molecule has 25 heavy (non-hydrogen) atoms. The molecule has 1 atom stereocenters. The zero-order valence-corrected chi connectivity index (χ0v) is 15.4. The fourth-order valence-corrected chi connectivity index (χ4v) is 3.49. The highest BCUT2D eigenvalue weighted by atomic mass is 35.5. The van der Waals surface area contributed by atoms with Crippen LogP contribution in [0.25, 0.3) is 11.3 Å². The van der Waals surface area contributed by atoms with Gasteiger partial charge >= 0.3 is 5.97 Å². The fourth-order valence-electron chi connectivity index (χ4n) is 3.33. The van der Waals surface area contributed by atoms with Gasteiger partial charge in [-0.25, -0.2) is 14.5 Å². The average molecular weight is 383 g/mol. The van der Waals surface area contributed by atoms with Crippen molar-refractivity contribution < 1.29 is 9.53 Å². The average Bonchev–Trinajstić information content (AvgIpc) is 3.33. The first-order valence-electron chi connectivity index (χ1n) is 8.29. The van der Waals surface area contributed by atoms with Gasteiger partial charge in [-0.3, -0.25) is 0 Å². The van der Waals surface area contributed by atoms with Gasteiger partial charge in [-0.15, -0.1) is 12.4 Å². The third-order valence-electron chi connectivity index (χ3n) is 4.72. The van der Waals surface area contributed by atoms with E-state index in [-0.39, 0.29) is 24.5 Å². The number of pyridine rings is 1. The highest BCUT2D eigenvalue weighted by Crippen LogP contribution is 2.41. The minimum atomic E-state index is -0.356. The third kappa shape index (κ3) is 3.14. The molecule has 2 aliphatic rings. The summed E-state index contributed by atoms with van der Waals surface area (Å²) in [7, 11) is 0. The van der Waals surface area contributed by atoms with Crippen LogP contribution >= 0.6 is 24.0 Å². The van der Waals surface area contributed by atoms with E-state index in [0.717, 1.165) is 48.1 Å². The smallest absolute Gasteiger partial charge is 0.356 e. The summed E-state index contributed by atoms with van der Waals surface area (Å²) in [5, 5.41) is 5.12. The van der Waals surface area contributed by atoms with Gasteiger partial charge in [0.1, 0.15) is 11.3 Å². The summed E-state index contributed by atoms with van der Waals surface area (Å²) >= 11 is 6.06. The van der Waals surface area contributed by atoms with Crippen molar-refractivity contribution in [2.45, 2.75) is 38.8 Å². The molecule has 0 bridgehead atoms. The predicted octanol–water partition coefficient (Wildman–Crippen LogP) is 3.16. The number of aryl methyl sites for hydroxylation is 1. The normalized spacial score (nSPS) is 16.4. The van der Waals surface area contributed by atoms with Crippen molar-refractivity contribution in [2.75, 3.05) is 6.61 Å². The first kappa shape index (κ1) is 18.2. The maximum atomic E-state index is 12.5. The number of carbonyl (C=O) groups excluding carboxylic acids is 1. The van der Waals surface area contributed by atoms with Crippen LogP contribution in [0.1, 0.15) is 47.5 Å². The molecule has 2 N–H and O–H groups in total. The second kappa shape index (κ2) is 6.94. The SMILES string of the molecule is CCOC(=O)c1c2c(nn1C(N)C1CC1)-c1cc(Cl)ncc1CC2.Cl. The van der Waals surface area contributed by atoms with Crippen LogP contribution < -0.4 is 5.73 Å². The van der Waals surface area contributed by atoms with Crippen molar-refractivity contribution in [3.63, 3.8) is 0 Å². The van der Waals surface area contributed by atoms with Crippen molar-refractivity contribution in [3.05, 3.63) is 34.2 Å². The van der Waals surface area contributed by atoms with Crippen molar-refractivity contribution in [2.24, 2.45) is 11.7 Å². The van der Waals surface area contributed by atoms with Crippen LogP contribution in [0, 0.1) is 5.92 Å². The van der Waals surface area contributed by atoms with E-state index in [4.69, 9.17) is 27.2 Å². The lowest BCUT2D eigenvalue weighted by atomic mass is 9.90. The first-order chi connectivity index (χ1) is 11.6. The van der Waals surface area contributed by atoms with E-state index < -0.39 is 0 Å². The monoisotopic (exact) mass is 382 g/mol. The first-order valence-corrected chi connectivity index (χ1v) is 8.66. The molecular weight excluding hydrogens is 363 g/mol. The highest BCUT2D eigenvalue weighted by Gasteiger charge is 2.36. The zero-order valence-electron chi connectivity index (χ0n) is 13.9. The zero-order chi connectivity index (χ0) is 16.8. The Labute approximate surface area is 157 Å². The van der Waals surface area contributed by atoms with E-state index in [1.807, 2.05) is 6.07 Å². The second-order valence-electron chi connectivity index (χ2n) is 6.33. The number of hydrogen-bond donors (Lipinski definition) is 1. The number of hydrogen-bond acceptors (Lipinski definition) is 5. The number of esters is 1. The largest absolute Gasteiger partial charge is 0.461 e. The Morgan fingerprint density at radius 3 is 2.92 bits per heavy atom. The number of halogens is 2. The number of aromatic nitrogens is 3. The van der Waals surface area contributed by atoms with Gasteiger partial charge in [-0.05, 0) is 50.2 Å². The van der Waals surface area contributed by atoms with Gasteiger partial charge in [0.2, 0.25) is 0 Å². The molecule has 8 heteroatoms. The lowest BCUT2D eigenvalue weighted by molar-refractivity contribution is 0.0506. The molecule has 4 rings (SSSR count). The van der Waals surface area contributed by atoms with E-state index in [9.17, 15) is 4.79 Å². The number of nitrogens with two attached hydrogens (primary N) is 1. The Balaban J connectivity index is 0.00000182. The van der Waals surface area contributed by atoms with Gasteiger partial charge in [0.15, 0.2) is 5.69 Å². The summed E-state index contributed by atoms with van der Waals surface area (Å²) in [5.41, 5.74) is 10.5. The van der Waals surface area contributed by atoms with E-state index in [1.165, 1.54) is 0 Å². The summed E-state index contributed by atoms with van der Waals surface area (Å²) in [5.74, 6) is 0.0194. The maximum Gasteiger partial charge on any atom is 0.356 e. The Kier molecular flexibility index (Phi) is 5.04. The summed E-state index contributed by atoms with van der Waals surface area (Å²) in [6, 6.07) is 1.81. The number of fused-ring (bicyclic) bond motifs is 3. The molecule has 134 valence electrons. The van der Waals surface area contributed by atoms with Crippen molar-refractivity contribution in [1.82, 2.24) is 14.8 Å². The van der Waals surface area contributed by atoms with Crippen LogP contribution in [-0.4, -0.2) is 27.3 Å². The van der Waals surface area contributed by atoms with Crippen molar-refractivity contribution >= 4 is 30.0 Å². The minimum absolute atomic E-state index is 0. The minimum Gasteiger partial charge on any atom is -0.461 e. The molecule has 1 fully saturated rings. The highest BCUT2D eigenvalue weighted by molar-refractivity contribution is 6.29. The molecule has 1 unspecified atom stereocenters. The summed E-state index contributed by atoms with van der Waals surface area (Å²) < 4.78 is 6.93. The molecule has 0 amide bonds. The Morgan fingerprint density at radius 2 is 2.24 bits per heavy atom. The topological polar surface area (TPSA) is 83.0 Å². The molecule has 2 aromatic rings. The van der Waals surface area contributed by atoms with Crippen LogP contribution in [0.3, 0.4) is 0 Å². The lowest BCUT2D eigenvalue weighted by Crippen LogP contribution is -2.26. The summed E-state index contributed by atoms with van der Waals surface area (Å²) in [4.78, 5) is 16.7.